The number of hydrogen-bond donors (Lipinski definition) is 0. The molecule has 3 rings (SSSR count). The molecule has 1 aromatic carbocycles. The van der Waals surface area contributed by atoms with E-state index >= 15 is 0 Å². The van der Waals surface area contributed by atoms with E-state index in [9.17, 15) is 9.18 Å². The van der Waals surface area contributed by atoms with E-state index < -0.39 is 0 Å². The van der Waals surface area contributed by atoms with Gasteiger partial charge in [0.1, 0.15) is 5.82 Å². The predicted molar refractivity (Wildman–Crippen MR) is 115 cm³/mol. The molecule has 1 aliphatic heterocycles. The van der Waals surface area contributed by atoms with E-state index in [2.05, 4.69) is 15.6 Å². The van der Waals surface area contributed by atoms with Gasteiger partial charge < -0.3 is 4.57 Å². The van der Waals surface area contributed by atoms with Gasteiger partial charge in [0.15, 0.2) is 5.17 Å². The zero-order valence-electron chi connectivity index (χ0n) is 17.2. The number of aryl methyl sites for hydroxylation is 1. The van der Waals surface area contributed by atoms with Crippen molar-refractivity contribution in [3.63, 3.8) is 0 Å². The summed E-state index contributed by atoms with van der Waals surface area (Å²) in [5.74, 6) is -0.266. The standard InChI is InChI=1S/C22H26FN3OS/c1-13(2)24-22-25(14(3)4)21(27)20(28-22)12-17-11-15(5)26(16(17)6)19-9-7-18(23)8-10-19/h7-14H,1-6H3/b20-12+,24-22?. The number of aromatic nitrogens is 1. The summed E-state index contributed by atoms with van der Waals surface area (Å²) in [4.78, 5) is 20.0. The molecule has 0 radical (unpaired) electrons. The van der Waals surface area contributed by atoms with Gasteiger partial charge in [0, 0.05) is 29.2 Å². The van der Waals surface area contributed by atoms with Gasteiger partial charge in [0.25, 0.3) is 5.91 Å². The molecule has 148 valence electrons. The zero-order chi connectivity index (χ0) is 20.6. The molecule has 2 heterocycles. The van der Waals surface area contributed by atoms with Crippen LogP contribution in [0.1, 0.15) is 44.6 Å². The first-order chi connectivity index (χ1) is 13.2. The van der Waals surface area contributed by atoms with E-state index in [0.29, 0.717) is 4.91 Å². The molecular formula is C22H26FN3OS. The number of carbonyl (C=O) groups is 1. The van der Waals surface area contributed by atoms with Gasteiger partial charge in [-0.05, 0) is 95.3 Å². The van der Waals surface area contributed by atoms with Crippen molar-refractivity contribution in [2.24, 2.45) is 4.99 Å². The summed E-state index contributed by atoms with van der Waals surface area (Å²) < 4.78 is 15.3. The Morgan fingerprint density at radius 2 is 1.75 bits per heavy atom. The summed E-state index contributed by atoms with van der Waals surface area (Å²) in [7, 11) is 0. The average molecular weight is 400 g/mol. The molecule has 0 saturated carbocycles. The second-order valence-corrected chi connectivity index (χ2v) is 8.53. The van der Waals surface area contributed by atoms with Crippen LogP contribution in [0, 0.1) is 19.7 Å². The third-order valence-corrected chi connectivity index (χ3v) is 5.56. The first kappa shape index (κ1) is 20.4. The minimum Gasteiger partial charge on any atom is -0.318 e. The second-order valence-electron chi connectivity index (χ2n) is 7.52. The van der Waals surface area contributed by atoms with Crippen LogP contribution >= 0.6 is 11.8 Å². The lowest BCUT2D eigenvalue weighted by Gasteiger charge is -2.20. The van der Waals surface area contributed by atoms with Crippen LogP contribution in [0.25, 0.3) is 11.8 Å². The minimum atomic E-state index is -0.257. The minimum absolute atomic E-state index is 0.00835. The highest BCUT2D eigenvalue weighted by Gasteiger charge is 2.35. The lowest BCUT2D eigenvalue weighted by atomic mass is 10.2. The third-order valence-electron chi connectivity index (χ3n) is 4.56. The summed E-state index contributed by atoms with van der Waals surface area (Å²) in [6.07, 6.45) is 1.94. The quantitative estimate of drug-likeness (QED) is 0.652. The van der Waals surface area contributed by atoms with Gasteiger partial charge in [0.05, 0.1) is 4.91 Å². The molecule has 1 saturated heterocycles. The summed E-state index contributed by atoms with van der Waals surface area (Å²) in [6.45, 7) is 12.0. The van der Waals surface area contributed by atoms with Gasteiger partial charge >= 0.3 is 0 Å². The fourth-order valence-corrected chi connectivity index (χ4v) is 4.54. The Morgan fingerprint density at radius 1 is 1.11 bits per heavy atom. The highest BCUT2D eigenvalue weighted by Crippen LogP contribution is 2.35. The number of amidine groups is 1. The number of rotatable bonds is 4. The summed E-state index contributed by atoms with van der Waals surface area (Å²) in [5.41, 5.74) is 3.92. The first-order valence-electron chi connectivity index (χ1n) is 9.44. The highest BCUT2D eigenvalue weighted by atomic mass is 32.2. The molecule has 28 heavy (non-hydrogen) atoms. The van der Waals surface area contributed by atoms with Crippen LogP contribution in [0.4, 0.5) is 4.39 Å². The number of aliphatic imine (C=N–C) groups is 1. The van der Waals surface area contributed by atoms with E-state index in [1.807, 2.05) is 47.6 Å². The molecule has 0 atom stereocenters. The van der Waals surface area contributed by atoms with Crippen LogP contribution in [0.3, 0.4) is 0 Å². The molecule has 1 amide bonds. The van der Waals surface area contributed by atoms with Crippen molar-refractivity contribution in [3.05, 3.63) is 58.0 Å². The van der Waals surface area contributed by atoms with Gasteiger partial charge in [0.2, 0.25) is 0 Å². The number of hydrogen-bond acceptors (Lipinski definition) is 3. The topological polar surface area (TPSA) is 37.6 Å². The Bertz CT molecular complexity index is 955. The van der Waals surface area contributed by atoms with Crippen LogP contribution in [0.15, 0.2) is 40.2 Å². The first-order valence-corrected chi connectivity index (χ1v) is 10.3. The van der Waals surface area contributed by atoms with E-state index in [4.69, 9.17) is 0 Å². The van der Waals surface area contributed by atoms with Gasteiger partial charge in [-0.3, -0.25) is 14.7 Å². The smallest absolute Gasteiger partial charge is 0.266 e. The molecule has 2 aromatic rings. The van der Waals surface area contributed by atoms with Crippen molar-refractivity contribution >= 4 is 28.9 Å². The number of amides is 1. The van der Waals surface area contributed by atoms with Gasteiger partial charge in [-0.1, -0.05) is 0 Å². The lowest BCUT2D eigenvalue weighted by molar-refractivity contribution is -0.123. The number of thioether (sulfide) groups is 1. The number of benzene rings is 1. The van der Waals surface area contributed by atoms with E-state index in [1.54, 1.807) is 17.0 Å². The molecule has 0 spiro atoms. The van der Waals surface area contributed by atoms with Gasteiger partial charge in [-0.2, -0.15) is 0 Å². The normalized spacial score (nSPS) is 17.8. The fourth-order valence-electron chi connectivity index (χ4n) is 3.32. The van der Waals surface area contributed by atoms with Gasteiger partial charge in [-0.25, -0.2) is 4.39 Å². The van der Waals surface area contributed by atoms with Gasteiger partial charge in [-0.15, -0.1) is 0 Å². The van der Waals surface area contributed by atoms with Crippen molar-refractivity contribution in [3.8, 4) is 5.69 Å². The van der Waals surface area contributed by atoms with Crippen molar-refractivity contribution in [1.82, 2.24) is 9.47 Å². The molecule has 6 heteroatoms. The van der Waals surface area contributed by atoms with Crippen LogP contribution in [0.2, 0.25) is 0 Å². The largest absolute Gasteiger partial charge is 0.318 e. The summed E-state index contributed by atoms with van der Waals surface area (Å²) in [5, 5.41) is 0.758. The van der Waals surface area contributed by atoms with Crippen LogP contribution < -0.4 is 0 Å². The molecule has 1 aromatic heterocycles. The molecule has 4 nitrogen and oxygen atoms in total. The Labute approximate surface area is 170 Å². The van der Waals surface area contributed by atoms with Crippen molar-refractivity contribution in [2.45, 2.75) is 53.6 Å². The molecule has 1 fully saturated rings. The molecular weight excluding hydrogens is 373 g/mol. The average Bonchev–Trinajstić information content (AvgIpc) is 3.05. The van der Waals surface area contributed by atoms with Crippen LogP contribution in [-0.4, -0.2) is 32.6 Å². The second kappa shape index (κ2) is 7.95. The van der Waals surface area contributed by atoms with E-state index in [-0.39, 0.29) is 23.8 Å². The number of carbonyl (C=O) groups excluding carboxylic acids is 1. The molecule has 0 unspecified atom stereocenters. The predicted octanol–water partition coefficient (Wildman–Crippen LogP) is 5.32. The molecule has 0 N–H and O–H groups in total. The fraction of sp³-hybridized carbons (Fsp3) is 0.364. The Balaban J connectivity index is 2.01. The summed E-state index contributed by atoms with van der Waals surface area (Å²) in [6, 6.07) is 8.66. The number of nitrogens with zero attached hydrogens (tertiary/aromatic N) is 3. The maximum atomic E-state index is 13.3. The lowest BCUT2D eigenvalue weighted by Crippen LogP contribution is -2.35. The third kappa shape index (κ3) is 3.92. The maximum Gasteiger partial charge on any atom is 0.266 e. The highest BCUT2D eigenvalue weighted by molar-refractivity contribution is 8.18. The van der Waals surface area contributed by atoms with Crippen molar-refractivity contribution in [1.29, 1.82) is 0 Å². The molecule has 0 bridgehead atoms. The molecule has 1 aliphatic rings. The van der Waals surface area contributed by atoms with Crippen molar-refractivity contribution < 1.29 is 9.18 Å². The maximum absolute atomic E-state index is 13.3. The van der Waals surface area contributed by atoms with Crippen molar-refractivity contribution in [2.75, 3.05) is 0 Å². The summed E-state index contributed by atoms with van der Waals surface area (Å²) >= 11 is 1.43. The Morgan fingerprint density at radius 3 is 2.32 bits per heavy atom. The molecule has 0 aliphatic carbocycles. The Hall–Kier alpha value is -2.34. The van der Waals surface area contributed by atoms with Crippen LogP contribution in [-0.2, 0) is 4.79 Å². The van der Waals surface area contributed by atoms with E-state index in [1.165, 1.54) is 23.9 Å². The van der Waals surface area contributed by atoms with E-state index in [0.717, 1.165) is 27.8 Å². The number of halogens is 1. The SMILES string of the molecule is Cc1cc(/C=C2/SC(=NC(C)C)N(C(C)C)C2=O)c(C)n1-c1ccc(F)cc1. The zero-order valence-corrected chi connectivity index (χ0v) is 18.0. The Kier molecular flexibility index (Phi) is 5.79. The monoisotopic (exact) mass is 399 g/mol. The van der Waals surface area contributed by atoms with Crippen LogP contribution in [0.5, 0.6) is 0 Å².